The third-order valence-corrected chi connectivity index (χ3v) is 6.44. The number of hydrogen-bond acceptors (Lipinski definition) is 3. The molecule has 0 amide bonds. The predicted octanol–water partition coefficient (Wildman–Crippen LogP) is 6.10. The molecule has 2 nitrogen and oxygen atoms in total. The Balaban J connectivity index is 1.87. The maximum atomic E-state index is 13.1. The summed E-state index contributed by atoms with van der Waals surface area (Å²) >= 11 is 7.83. The van der Waals surface area contributed by atoms with Gasteiger partial charge in [0.15, 0.2) is 0 Å². The van der Waals surface area contributed by atoms with E-state index in [1.807, 2.05) is 36.4 Å². The minimum atomic E-state index is -0.161. The predicted molar refractivity (Wildman–Crippen MR) is 105 cm³/mol. The fourth-order valence-corrected chi connectivity index (χ4v) is 5.22. The Morgan fingerprint density at radius 3 is 2.60 bits per heavy atom. The molecule has 2 atom stereocenters. The number of fused-ring (bicyclic) bond motifs is 2. The van der Waals surface area contributed by atoms with Crippen LogP contribution in [0.15, 0.2) is 65.2 Å². The third-order valence-electron chi connectivity index (χ3n) is 4.78. The zero-order chi connectivity index (χ0) is 17.6. The monoisotopic (exact) mass is 369 g/mol. The van der Waals surface area contributed by atoms with Gasteiger partial charge in [-0.15, -0.1) is 11.8 Å². The average Bonchev–Trinajstić information content (AvgIpc) is 2.70. The van der Waals surface area contributed by atoms with Gasteiger partial charge in [-0.2, -0.15) is 0 Å². The number of carbonyl (C=O) groups excluding carboxylic acids is 1. The lowest BCUT2D eigenvalue weighted by Gasteiger charge is -2.35. The Kier molecular flexibility index (Phi) is 4.17. The Morgan fingerprint density at radius 2 is 1.84 bits per heavy atom. The van der Waals surface area contributed by atoms with Gasteiger partial charge in [0.2, 0.25) is 0 Å². The van der Waals surface area contributed by atoms with Crippen LogP contribution in [0.1, 0.15) is 31.1 Å². The molecular weight excluding hydrogens is 350 g/mol. The summed E-state index contributed by atoms with van der Waals surface area (Å²) in [4.78, 5) is 14.2. The Bertz CT molecular complexity index is 856. The van der Waals surface area contributed by atoms with Crippen molar-refractivity contribution < 1.29 is 4.79 Å². The van der Waals surface area contributed by atoms with Gasteiger partial charge in [0.1, 0.15) is 5.78 Å². The van der Waals surface area contributed by atoms with E-state index in [9.17, 15) is 4.79 Å². The molecule has 1 aliphatic heterocycles. The molecule has 2 aliphatic rings. The van der Waals surface area contributed by atoms with Crippen molar-refractivity contribution in [1.82, 2.24) is 0 Å². The number of benzene rings is 2. The largest absolute Gasteiger partial charge is 0.358 e. The van der Waals surface area contributed by atoms with Gasteiger partial charge in [-0.1, -0.05) is 55.8 Å². The molecule has 128 valence electrons. The van der Waals surface area contributed by atoms with Crippen LogP contribution >= 0.6 is 23.4 Å². The second-order valence-electron chi connectivity index (χ2n) is 7.42. The zero-order valence-electron chi connectivity index (χ0n) is 14.3. The third kappa shape index (κ3) is 3.23. The highest BCUT2D eigenvalue weighted by atomic mass is 35.5. The minimum Gasteiger partial charge on any atom is -0.358 e. The van der Waals surface area contributed by atoms with Gasteiger partial charge in [0, 0.05) is 27.3 Å². The van der Waals surface area contributed by atoms with Gasteiger partial charge in [-0.05, 0) is 35.2 Å². The average molecular weight is 370 g/mol. The second-order valence-corrected chi connectivity index (χ2v) is 9.04. The molecule has 0 spiro atoms. The highest BCUT2D eigenvalue weighted by molar-refractivity contribution is 7.99. The van der Waals surface area contributed by atoms with Crippen LogP contribution in [0.25, 0.3) is 0 Å². The van der Waals surface area contributed by atoms with E-state index in [2.05, 4.69) is 37.4 Å². The van der Waals surface area contributed by atoms with E-state index in [1.165, 1.54) is 4.90 Å². The zero-order valence-corrected chi connectivity index (χ0v) is 15.8. The molecule has 1 aliphatic carbocycles. The van der Waals surface area contributed by atoms with Crippen LogP contribution in [0.3, 0.4) is 0 Å². The van der Waals surface area contributed by atoms with Crippen molar-refractivity contribution in [1.29, 1.82) is 0 Å². The highest BCUT2D eigenvalue weighted by Crippen LogP contribution is 2.52. The molecule has 1 N–H and O–H groups in total. The van der Waals surface area contributed by atoms with Crippen LogP contribution in [-0.2, 0) is 4.79 Å². The Hall–Kier alpha value is -1.71. The van der Waals surface area contributed by atoms with Gasteiger partial charge in [-0.25, -0.2) is 0 Å². The highest BCUT2D eigenvalue weighted by Gasteiger charge is 2.41. The van der Waals surface area contributed by atoms with Crippen LogP contribution < -0.4 is 5.32 Å². The minimum absolute atomic E-state index is 0.0447. The van der Waals surface area contributed by atoms with Crippen molar-refractivity contribution in [3.63, 3.8) is 0 Å². The summed E-state index contributed by atoms with van der Waals surface area (Å²) in [7, 11) is 0. The lowest BCUT2D eigenvalue weighted by molar-refractivity contribution is -0.123. The van der Waals surface area contributed by atoms with Crippen LogP contribution in [0.2, 0.25) is 5.02 Å². The van der Waals surface area contributed by atoms with E-state index in [4.69, 9.17) is 11.6 Å². The maximum absolute atomic E-state index is 13.1. The number of nitrogens with one attached hydrogen (secondary N) is 1. The molecule has 0 radical (unpaired) electrons. The number of halogens is 1. The molecule has 0 saturated heterocycles. The summed E-state index contributed by atoms with van der Waals surface area (Å²) in [5.74, 6) is 0.141. The van der Waals surface area contributed by atoms with Crippen molar-refractivity contribution in [2.45, 2.75) is 30.4 Å². The molecule has 1 heterocycles. The van der Waals surface area contributed by atoms with Crippen molar-refractivity contribution >= 4 is 34.8 Å². The van der Waals surface area contributed by atoms with E-state index in [0.29, 0.717) is 17.2 Å². The number of thioether (sulfide) groups is 1. The molecule has 0 bridgehead atoms. The standard InChI is InChI=1S/C21H20ClNOS/c1-21(2)11-16-19(17(24)12-21)20(13-7-9-14(22)10-8-13)25-18-6-4-3-5-15(18)23-16/h3-11,19-20,23H,12H2,1-2H3/t19-,20-/m0/s1. The number of rotatable bonds is 1. The van der Waals surface area contributed by atoms with Crippen LogP contribution in [0.5, 0.6) is 0 Å². The van der Waals surface area contributed by atoms with E-state index in [0.717, 1.165) is 16.9 Å². The van der Waals surface area contributed by atoms with Crippen molar-refractivity contribution in [2.24, 2.45) is 11.3 Å². The van der Waals surface area contributed by atoms with E-state index in [1.54, 1.807) is 11.8 Å². The normalized spacial score (nSPS) is 24.4. The van der Waals surface area contributed by atoms with Gasteiger partial charge in [0.25, 0.3) is 0 Å². The number of ketones is 1. The molecule has 25 heavy (non-hydrogen) atoms. The van der Waals surface area contributed by atoms with Crippen molar-refractivity contribution in [3.8, 4) is 0 Å². The first kappa shape index (κ1) is 16.7. The molecular formula is C21H20ClNOS. The molecule has 0 saturated carbocycles. The Labute approximate surface area is 157 Å². The first-order valence-electron chi connectivity index (χ1n) is 8.47. The van der Waals surface area contributed by atoms with Crippen LogP contribution in [-0.4, -0.2) is 5.78 Å². The molecule has 4 heteroatoms. The van der Waals surface area contributed by atoms with Gasteiger partial charge in [-0.3, -0.25) is 4.79 Å². The first-order chi connectivity index (χ1) is 11.9. The number of anilines is 1. The molecule has 0 fully saturated rings. The summed E-state index contributed by atoms with van der Waals surface area (Å²) in [5, 5.41) is 4.31. The molecule has 2 aromatic rings. The molecule has 2 aromatic carbocycles. The molecule has 0 unspecified atom stereocenters. The summed E-state index contributed by atoms with van der Waals surface area (Å²) in [6.45, 7) is 4.24. The van der Waals surface area contributed by atoms with Crippen LogP contribution in [0, 0.1) is 11.3 Å². The fraction of sp³-hybridized carbons (Fsp3) is 0.286. The van der Waals surface area contributed by atoms with E-state index < -0.39 is 0 Å². The smallest absolute Gasteiger partial charge is 0.144 e. The van der Waals surface area contributed by atoms with E-state index >= 15 is 0 Å². The SMILES string of the molecule is CC1(C)C=C2Nc3ccccc3S[C@@H](c3ccc(Cl)cc3)[C@@H]2C(=O)C1. The number of para-hydroxylation sites is 1. The van der Waals surface area contributed by atoms with Gasteiger partial charge in [0.05, 0.1) is 11.6 Å². The molecule has 4 rings (SSSR count). The fourth-order valence-electron chi connectivity index (χ4n) is 3.69. The quantitative estimate of drug-likeness (QED) is 0.658. The number of Topliss-reactive ketones (excluding diaryl/α,β-unsaturated/α-hetero) is 1. The number of carbonyl (C=O) groups is 1. The molecule has 0 aromatic heterocycles. The summed E-state index contributed by atoms with van der Waals surface area (Å²) in [6.07, 6.45) is 2.81. The van der Waals surface area contributed by atoms with Gasteiger partial charge < -0.3 is 5.32 Å². The summed E-state index contributed by atoms with van der Waals surface area (Å²) in [6, 6.07) is 16.2. The Morgan fingerprint density at radius 1 is 1.12 bits per heavy atom. The lowest BCUT2D eigenvalue weighted by Crippen LogP contribution is -2.34. The lowest BCUT2D eigenvalue weighted by atomic mass is 9.74. The van der Waals surface area contributed by atoms with Crippen molar-refractivity contribution in [3.05, 3.63) is 70.9 Å². The maximum Gasteiger partial charge on any atom is 0.144 e. The van der Waals surface area contributed by atoms with Crippen molar-refractivity contribution in [2.75, 3.05) is 5.32 Å². The topological polar surface area (TPSA) is 29.1 Å². The summed E-state index contributed by atoms with van der Waals surface area (Å²) < 4.78 is 0. The number of hydrogen-bond donors (Lipinski definition) is 1. The second kappa shape index (κ2) is 6.22. The number of allylic oxidation sites excluding steroid dienone is 2. The van der Waals surface area contributed by atoms with Crippen LogP contribution in [0.4, 0.5) is 5.69 Å². The summed E-state index contributed by atoms with van der Waals surface area (Å²) in [5.41, 5.74) is 3.12. The van der Waals surface area contributed by atoms with E-state index in [-0.39, 0.29) is 16.6 Å². The van der Waals surface area contributed by atoms with Gasteiger partial charge >= 0.3 is 0 Å². The first-order valence-corrected chi connectivity index (χ1v) is 9.72.